The molecule has 1 aliphatic rings. The second-order valence-corrected chi connectivity index (χ2v) is 5.51. The molecule has 0 spiro atoms. The first kappa shape index (κ1) is 15.3. The lowest BCUT2D eigenvalue weighted by atomic mass is 10.1. The molecule has 1 amide bonds. The lowest BCUT2D eigenvalue weighted by Crippen LogP contribution is -2.41. The van der Waals surface area contributed by atoms with Gasteiger partial charge in [0.25, 0.3) is 0 Å². The maximum Gasteiger partial charge on any atom is 0.227 e. The van der Waals surface area contributed by atoms with Gasteiger partial charge in [0.15, 0.2) is 0 Å². The number of amides is 1. The first-order valence-electron chi connectivity index (χ1n) is 7.06. The number of benzene rings is 1. The summed E-state index contributed by atoms with van der Waals surface area (Å²) in [6.07, 6.45) is 2.26. The van der Waals surface area contributed by atoms with Crippen LogP contribution < -0.4 is 5.32 Å². The van der Waals surface area contributed by atoms with E-state index in [9.17, 15) is 9.18 Å². The van der Waals surface area contributed by atoms with Crippen LogP contribution in [0.15, 0.2) is 18.2 Å². The molecule has 2 rings (SSSR count). The molecule has 3 nitrogen and oxygen atoms in total. The summed E-state index contributed by atoms with van der Waals surface area (Å²) < 4.78 is 13.7. The van der Waals surface area contributed by atoms with Gasteiger partial charge in [-0.05, 0) is 38.4 Å². The van der Waals surface area contributed by atoms with Crippen molar-refractivity contribution < 1.29 is 9.18 Å². The molecule has 1 heterocycles. The first-order valence-corrected chi connectivity index (χ1v) is 7.43. The average molecular weight is 299 g/mol. The van der Waals surface area contributed by atoms with Gasteiger partial charge in [-0.1, -0.05) is 17.7 Å². The van der Waals surface area contributed by atoms with Crippen LogP contribution in [0.1, 0.15) is 25.3 Å². The minimum absolute atomic E-state index is 0.0199. The highest BCUT2D eigenvalue weighted by Crippen LogP contribution is 2.20. The Kier molecular flexibility index (Phi) is 5.38. The fourth-order valence-corrected chi connectivity index (χ4v) is 2.78. The van der Waals surface area contributed by atoms with Gasteiger partial charge in [-0.25, -0.2) is 4.39 Å². The van der Waals surface area contributed by atoms with Crippen molar-refractivity contribution >= 4 is 17.5 Å². The van der Waals surface area contributed by atoms with E-state index in [1.807, 2.05) is 6.92 Å². The Morgan fingerprint density at radius 1 is 1.55 bits per heavy atom. The largest absolute Gasteiger partial charge is 0.341 e. The van der Waals surface area contributed by atoms with E-state index in [-0.39, 0.29) is 17.9 Å². The zero-order valence-electron chi connectivity index (χ0n) is 11.7. The van der Waals surface area contributed by atoms with E-state index in [2.05, 4.69) is 5.32 Å². The van der Waals surface area contributed by atoms with Gasteiger partial charge < -0.3 is 10.2 Å². The molecule has 0 aliphatic carbocycles. The van der Waals surface area contributed by atoms with Gasteiger partial charge in [0.2, 0.25) is 5.91 Å². The maximum atomic E-state index is 13.7. The van der Waals surface area contributed by atoms with Gasteiger partial charge in [0, 0.05) is 29.7 Å². The van der Waals surface area contributed by atoms with Crippen LogP contribution in [0.4, 0.5) is 4.39 Å². The second kappa shape index (κ2) is 7.04. The fourth-order valence-electron chi connectivity index (χ4n) is 2.55. The molecule has 5 heteroatoms. The van der Waals surface area contributed by atoms with E-state index in [0.29, 0.717) is 24.2 Å². The van der Waals surface area contributed by atoms with Crippen molar-refractivity contribution in [3.8, 4) is 0 Å². The highest BCUT2D eigenvalue weighted by molar-refractivity contribution is 6.31. The number of hydrogen-bond donors (Lipinski definition) is 1. The quantitative estimate of drug-likeness (QED) is 0.906. The Morgan fingerprint density at radius 3 is 2.95 bits per heavy atom. The van der Waals surface area contributed by atoms with Crippen LogP contribution in [-0.4, -0.2) is 36.5 Å². The van der Waals surface area contributed by atoms with Crippen molar-refractivity contribution in [3.63, 3.8) is 0 Å². The molecule has 20 heavy (non-hydrogen) atoms. The average Bonchev–Trinajstić information content (AvgIpc) is 2.93. The Labute approximate surface area is 124 Å². The summed E-state index contributed by atoms with van der Waals surface area (Å²) in [5.74, 6) is -0.492. The molecule has 1 aromatic rings. The molecule has 1 atom stereocenters. The molecule has 0 radical (unpaired) electrons. The van der Waals surface area contributed by atoms with E-state index in [1.165, 1.54) is 6.07 Å². The zero-order chi connectivity index (χ0) is 14.5. The van der Waals surface area contributed by atoms with E-state index in [0.717, 1.165) is 19.4 Å². The molecular formula is C15H20ClFN2O. The van der Waals surface area contributed by atoms with Crippen molar-refractivity contribution in [3.05, 3.63) is 34.6 Å². The molecule has 1 N–H and O–H groups in total. The van der Waals surface area contributed by atoms with E-state index in [1.54, 1.807) is 17.0 Å². The highest BCUT2D eigenvalue weighted by Gasteiger charge is 2.22. The van der Waals surface area contributed by atoms with Gasteiger partial charge in [-0.15, -0.1) is 0 Å². The number of likely N-dealkylation sites (N-methyl/N-ethyl adjacent to an activating group) is 1. The van der Waals surface area contributed by atoms with Gasteiger partial charge in [0.1, 0.15) is 5.82 Å². The number of carbonyl (C=O) groups is 1. The third kappa shape index (κ3) is 3.70. The number of nitrogens with one attached hydrogen (secondary N) is 1. The molecule has 1 aromatic carbocycles. The van der Waals surface area contributed by atoms with E-state index >= 15 is 0 Å². The van der Waals surface area contributed by atoms with Crippen molar-refractivity contribution in [1.82, 2.24) is 10.2 Å². The van der Waals surface area contributed by atoms with Crippen molar-refractivity contribution in [2.75, 3.05) is 19.6 Å². The van der Waals surface area contributed by atoms with Crippen molar-refractivity contribution in [1.29, 1.82) is 0 Å². The lowest BCUT2D eigenvalue weighted by Gasteiger charge is -2.24. The first-order chi connectivity index (χ1) is 9.61. The number of hydrogen-bond acceptors (Lipinski definition) is 2. The molecule has 1 aliphatic heterocycles. The summed E-state index contributed by atoms with van der Waals surface area (Å²) in [4.78, 5) is 14.1. The summed E-state index contributed by atoms with van der Waals surface area (Å²) in [6, 6.07) is 4.85. The highest BCUT2D eigenvalue weighted by atomic mass is 35.5. The normalized spacial score (nSPS) is 18.2. The Hall–Kier alpha value is -1.13. The summed E-state index contributed by atoms with van der Waals surface area (Å²) in [6.45, 7) is 4.26. The molecule has 1 unspecified atom stereocenters. The van der Waals surface area contributed by atoms with Gasteiger partial charge >= 0.3 is 0 Å². The summed E-state index contributed by atoms with van der Waals surface area (Å²) in [7, 11) is 0. The third-order valence-corrected chi connectivity index (χ3v) is 4.08. The molecule has 0 aromatic heterocycles. The topological polar surface area (TPSA) is 32.3 Å². The third-order valence-electron chi connectivity index (χ3n) is 3.73. The van der Waals surface area contributed by atoms with Gasteiger partial charge in [-0.3, -0.25) is 4.79 Å². The minimum Gasteiger partial charge on any atom is -0.341 e. The van der Waals surface area contributed by atoms with Crippen LogP contribution in [0.3, 0.4) is 0 Å². The zero-order valence-corrected chi connectivity index (χ0v) is 12.4. The molecule has 0 bridgehead atoms. The SMILES string of the molecule is CCN(CC1CCCN1)C(=O)Cc1c(F)cccc1Cl. The van der Waals surface area contributed by atoms with Crippen LogP contribution in [-0.2, 0) is 11.2 Å². The van der Waals surface area contributed by atoms with Gasteiger partial charge in [-0.2, -0.15) is 0 Å². The number of carbonyl (C=O) groups excluding carboxylic acids is 1. The Balaban J connectivity index is 2.01. The molecule has 0 saturated carbocycles. The van der Waals surface area contributed by atoms with Crippen LogP contribution >= 0.6 is 11.6 Å². The van der Waals surface area contributed by atoms with Crippen LogP contribution in [0.2, 0.25) is 5.02 Å². The van der Waals surface area contributed by atoms with Crippen LogP contribution in [0.5, 0.6) is 0 Å². The molecule has 1 fully saturated rings. The van der Waals surface area contributed by atoms with Crippen molar-refractivity contribution in [2.45, 2.75) is 32.2 Å². The van der Waals surface area contributed by atoms with Crippen LogP contribution in [0, 0.1) is 5.82 Å². The fraction of sp³-hybridized carbons (Fsp3) is 0.533. The number of halogens is 2. The van der Waals surface area contributed by atoms with Crippen LogP contribution in [0.25, 0.3) is 0 Å². The molecule has 1 saturated heterocycles. The predicted molar refractivity (Wildman–Crippen MR) is 78.4 cm³/mol. The smallest absolute Gasteiger partial charge is 0.227 e. The summed E-state index contributed by atoms with van der Waals surface area (Å²) in [5.41, 5.74) is 0.289. The molecular weight excluding hydrogens is 279 g/mol. The minimum atomic E-state index is -0.416. The summed E-state index contributed by atoms with van der Waals surface area (Å²) in [5, 5.41) is 3.68. The number of nitrogens with zero attached hydrogens (tertiary/aromatic N) is 1. The standard InChI is InChI=1S/C15H20ClFN2O/c1-2-19(10-11-5-4-8-18-11)15(20)9-12-13(16)6-3-7-14(12)17/h3,6-7,11,18H,2,4-5,8-10H2,1H3. The molecule has 110 valence electrons. The van der Waals surface area contributed by atoms with E-state index in [4.69, 9.17) is 11.6 Å². The van der Waals surface area contributed by atoms with Crippen molar-refractivity contribution in [2.24, 2.45) is 0 Å². The monoisotopic (exact) mass is 298 g/mol. The van der Waals surface area contributed by atoms with Gasteiger partial charge in [0.05, 0.1) is 6.42 Å². The Morgan fingerprint density at radius 2 is 2.35 bits per heavy atom. The van der Waals surface area contributed by atoms with E-state index < -0.39 is 5.82 Å². The predicted octanol–water partition coefficient (Wildman–Crippen LogP) is 2.62. The maximum absolute atomic E-state index is 13.7. The number of rotatable bonds is 5. The second-order valence-electron chi connectivity index (χ2n) is 5.10. The lowest BCUT2D eigenvalue weighted by molar-refractivity contribution is -0.130. The Bertz CT molecular complexity index is 455. The summed E-state index contributed by atoms with van der Waals surface area (Å²) >= 11 is 5.97.